The molecule has 0 bridgehead atoms. The zero-order chi connectivity index (χ0) is 13.5. The molecule has 0 unspecified atom stereocenters. The summed E-state index contributed by atoms with van der Waals surface area (Å²) in [7, 11) is 0. The molecular formula is C15H10N4O. The Labute approximate surface area is 114 Å². The minimum atomic E-state index is -0.205. The Kier molecular flexibility index (Phi) is 2.20. The predicted octanol–water partition coefficient (Wildman–Crippen LogP) is 2.31. The van der Waals surface area contributed by atoms with Crippen molar-refractivity contribution in [2.45, 2.75) is 0 Å². The highest BCUT2D eigenvalue weighted by Crippen LogP contribution is 2.32. The van der Waals surface area contributed by atoms with Crippen LogP contribution in [0.5, 0.6) is 0 Å². The van der Waals surface area contributed by atoms with Gasteiger partial charge in [-0.25, -0.2) is 5.43 Å². The summed E-state index contributed by atoms with van der Waals surface area (Å²) in [5, 5.41) is 4.83. The SMILES string of the molecule is O=C1NN=Cc2c[nH]c3ccc(-c4cccnc4)c1c23. The molecule has 3 aromatic rings. The van der Waals surface area contributed by atoms with E-state index in [-0.39, 0.29) is 5.91 Å². The van der Waals surface area contributed by atoms with Crippen LogP contribution in [0.2, 0.25) is 0 Å². The molecule has 5 heteroatoms. The highest BCUT2D eigenvalue weighted by molar-refractivity contribution is 6.17. The molecule has 0 aliphatic carbocycles. The average Bonchev–Trinajstić information content (AvgIpc) is 2.82. The Morgan fingerprint density at radius 2 is 2.10 bits per heavy atom. The van der Waals surface area contributed by atoms with Crippen molar-refractivity contribution in [3.63, 3.8) is 0 Å². The van der Waals surface area contributed by atoms with Crippen molar-refractivity contribution in [2.75, 3.05) is 0 Å². The minimum absolute atomic E-state index is 0.205. The summed E-state index contributed by atoms with van der Waals surface area (Å²) < 4.78 is 0. The van der Waals surface area contributed by atoms with Gasteiger partial charge >= 0.3 is 0 Å². The number of pyridine rings is 1. The Hall–Kier alpha value is -2.95. The number of nitrogens with one attached hydrogen (secondary N) is 2. The number of aromatic amines is 1. The average molecular weight is 262 g/mol. The molecule has 2 N–H and O–H groups in total. The number of hydrogen-bond donors (Lipinski definition) is 2. The topological polar surface area (TPSA) is 70.1 Å². The van der Waals surface area contributed by atoms with E-state index in [2.05, 4.69) is 20.5 Å². The summed E-state index contributed by atoms with van der Waals surface area (Å²) in [6.45, 7) is 0. The fraction of sp³-hybridized carbons (Fsp3) is 0. The molecule has 1 aliphatic heterocycles. The summed E-state index contributed by atoms with van der Waals surface area (Å²) in [5.41, 5.74) is 6.76. The molecule has 0 saturated carbocycles. The first-order valence-electron chi connectivity index (χ1n) is 6.22. The summed E-state index contributed by atoms with van der Waals surface area (Å²) >= 11 is 0. The summed E-state index contributed by atoms with van der Waals surface area (Å²) in [6, 6.07) is 7.70. The van der Waals surface area contributed by atoms with Crippen LogP contribution in [0.4, 0.5) is 0 Å². The standard InChI is InChI=1S/C15H10N4O/c20-15-14-11(9-2-1-5-16-6-9)3-4-12-13(14)10(7-17-12)8-18-19-15/h1-8,17H,(H,19,20). The Balaban J connectivity index is 2.12. The van der Waals surface area contributed by atoms with Crippen LogP contribution < -0.4 is 5.43 Å². The van der Waals surface area contributed by atoms with Crippen LogP contribution in [-0.2, 0) is 0 Å². The minimum Gasteiger partial charge on any atom is -0.360 e. The molecule has 0 atom stereocenters. The lowest BCUT2D eigenvalue weighted by Gasteiger charge is -2.09. The molecule has 0 fully saturated rings. The van der Waals surface area contributed by atoms with Gasteiger partial charge in [-0.2, -0.15) is 5.10 Å². The molecule has 1 aliphatic rings. The highest BCUT2D eigenvalue weighted by atomic mass is 16.2. The second-order valence-electron chi connectivity index (χ2n) is 4.60. The number of hydrazone groups is 1. The first kappa shape index (κ1) is 10.9. The Morgan fingerprint density at radius 3 is 2.95 bits per heavy atom. The van der Waals surface area contributed by atoms with Gasteiger partial charge in [-0.3, -0.25) is 9.78 Å². The van der Waals surface area contributed by atoms with Crippen LogP contribution in [-0.4, -0.2) is 22.1 Å². The van der Waals surface area contributed by atoms with Gasteiger partial charge in [0.05, 0.1) is 11.8 Å². The maximum Gasteiger partial charge on any atom is 0.272 e. The lowest BCUT2D eigenvalue weighted by atomic mass is 9.96. The van der Waals surface area contributed by atoms with E-state index in [1.54, 1.807) is 18.6 Å². The number of hydrogen-bond acceptors (Lipinski definition) is 3. The van der Waals surface area contributed by atoms with Crippen LogP contribution >= 0.6 is 0 Å². The fourth-order valence-electron chi connectivity index (χ4n) is 2.57. The van der Waals surface area contributed by atoms with E-state index >= 15 is 0 Å². The summed E-state index contributed by atoms with van der Waals surface area (Å²) in [5.74, 6) is -0.205. The predicted molar refractivity (Wildman–Crippen MR) is 76.6 cm³/mol. The number of benzene rings is 1. The number of carbonyl (C=O) groups is 1. The lowest BCUT2D eigenvalue weighted by Crippen LogP contribution is -2.17. The van der Waals surface area contributed by atoms with Crippen LogP contribution in [0.15, 0.2) is 48.0 Å². The lowest BCUT2D eigenvalue weighted by molar-refractivity contribution is 0.0958. The number of nitrogens with zero attached hydrogens (tertiary/aromatic N) is 2. The summed E-state index contributed by atoms with van der Waals surface area (Å²) in [4.78, 5) is 19.6. The van der Waals surface area contributed by atoms with Crippen molar-refractivity contribution in [1.29, 1.82) is 0 Å². The Morgan fingerprint density at radius 1 is 1.15 bits per heavy atom. The van der Waals surface area contributed by atoms with Gasteiger partial charge in [0.15, 0.2) is 0 Å². The third-order valence-electron chi connectivity index (χ3n) is 3.45. The largest absolute Gasteiger partial charge is 0.360 e. The van der Waals surface area contributed by atoms with E-state index in [0.717, 1.165) is 27.6 Å². The smallest absolute Gasteiger partial charge is 0.272 e. The number of aromatic nitrogens is 2. The number of carbonyl (C=O) groups excluding carboxylic acids is 1. The van der Waals surface area contributed by atoms with Gasteiger partial charge in [-0.15, -0.1) is 0 Å². The van der Waals surface area contributed by atoms with Crippen LogP contribution in [0, 0.1) is 0 Å². The molecule has 0 radical (unpaired) electrons. The molecule has 96 valence electrons. The maximum absolute atomic E-state index is 12.3. The van der Waals surface area contributed by atoms with Crippen LogP contribution in [0.1, 0.15) is 15.9 Å². The third kappa shape index (κ3) is 1.46. The quantitative estimate of drug-likeness (QED) is 0.706. The maximum atomic E-state index is 12.3. The molecule has 20 heavy (non-hydrogen) atoms. The normalized spacial score (nSPS) is 13.3. The number of H-pyrrole nitrogens is 1. The number of amides is 1. The third-order valence-corrected chi connectivity index (χ3v) is 3.45. The molecule has 2 aromatic heterocycles. The van der Waals surface area contributed by atoms with E-state index in [4.69, 9.17) is 0 Å². The highest BCUT2D eigenvalue weighted by Gasteiger charge is 2.21. The van der Waals surface area contributed by atoms with E-state index in [0.29, 0.717) is 5.56 Å². The second-order valence-corrected chi connectivity index (χ2v) is 4.60. The van der Waals surface area contributed by atoms with Gasteiger partial charge in [-0.05, 0) is 17.7 Å². The first-order chi connectivity index (χ1) is 9.84. The van der Waals surface area contributed by atoms with Crippen molar-refractivity contribution in [3.05, 3.63) is 54.0 Å². The number of rotatable bonds is 1. The van der Waals surface area contributed by atoms with E-state index in [1.807, 2.05) is 30.5 Å². The van der Waals surface area contributed by atoms with Crippen molar-refractivity contribution < 1.29 is 4.79 Å². The van der Waals surface area contributed by atoms with Crippen molar-refractivity contribution >= 4 is 23.0 Å². The first-order valence-corrected chi connectivity index (χ1v) is 6.22. The van der Waals surface area contributed by atoms with Crippen molar-refractivity contribution in [1.82, 2.24) is 15.4 Å². The van der Waals surface area contributed by atoms with Crippen molar-refractivity contribution in [2.24, 2.45) is 5.10 Å². The zero-order valence-electron chi connectivity index (χ0n) is 10.4. The van der Waals surface area contributed by atoms with Gasteiger partial charge in [0.25, 0.3) is 5.91 Å². The molecule has 0 saturated heterocycles. The molecule has 1 aromatic carbocycles. The van der Waals surface area contributed by atoms with Gasteiger partial charge in [0.1, 0.15) is 0 Å². The van der Waals surface area contributed by atoms with Gasteiger partial charge in [0.2, 0.25) is 0 Å². The van der Waals surface area contributed by atoms with Crippen LogP contribution in [0.25, 0.3) is 22.0 Å². The van der Waals surface area contributed by atoms with Gasteiger partial charge < -0.3 is 4.98 Å². The second kappa shape index (κ2) is 4.03. The van der Waals surface area contributed by atoms with Gasteiger partial charge in [0, 0.05) is 40.6 Å². The Bertz CT molecular complexity index is 849. The van der Waals surface area contributed by atoms with E-state index in [1.165, 1.54) is 0 Å². The molecular weight excluding hydrogens is 252 g/mol. The molecule has 1 amide bonds. The zero-order valence-corrected chi connectivity index (χ0v) is 10.4. The molecule has 3 heterocycles. The fourth-order valence-corrected chi connectivity index (χ4v) is 2.57. The molecule has 5 nitrogen and oxygen atoms in total. The molecule has 4 rings (SSSR count). The van der Waals surface area contributed by atoms with E-state index < -0.39 is 0 Å². The van der Waals surface area contributed by atoms with Crippen molar-refractivity contribution in [3.8, 4) is 11.1 Å². The van der Waals surface area contributed by atoms with Gasteiger partial charge in [-0.1, -0.05) is 12.1 Å². The van der Waals surface area contributed by atoms with Crippen LogP contribution in [0.3, 0.4) is 0 Å². The summed E-state index contributed by atoms with van der Waals surface area (Å²) in [6.07, 6.45) is 6.97. The monoisotopic (exact) mass is 262 g/mol. The van der Waals surface area contributed by atoms with E-state index in [9.17, 15) is 4.79 Å². The molecule has 0 spiro atoms.